The molecule has 0 unspecified atom stereocenters. The van der Waals surface area contributed by atoms with Gasteiger partial charge in [-0.15, -0.1) is 0 Å². The molecule has 0 aliphatic heterocycles. The first-order chi connectivity index (χ1) is 9.20. The number of benzene rings is 2. The Morgan fingerprint density at radius 2 is 1.79 bits per heavy atom. The molecule has 0 amide bonds. The summed E-state index contributed by atoms with van der Waals surface area (Å²) in [5.41, 5.74) is 2.46. The molecule has 0 aromatic heterocycles. The predicted molar refractivity (Wildman–Crippen MR) is 85.4 cm³/mol. The van der Waals surface area contributed by atoms with Gasteiger partial charge in [0.15, 0.2) is 0 Å². The second kappa shape index (κ2) is 7.08. The highest BCUT2D eigenvalue weighted by molar-refractivity contribution is 9.11. The molecule has 2 nitrogen and oxygen atoms in total. The predicted octanol–water partition coefficient (Wildman–Crippen LogP) is 4.51. The van der Waals surface area contributed by atoms with Crippen molar-refractivity contribution in [3.05, 3.63) is 62.5 Å². The summed E-state index contributed by atoms with van der Waals surface area (Å²) in [7, 11) is 1.95. The van der Waals surface area contributed by atoms with Crippen LogP contribution in [0.2, 0.25) is 0 Å². The molecule has 0 saturated heterocycles. The Hall–Kier alpha value is -0.840. The standard InChI is InChI=1S/C15H15Br2NO/c1-18-9-11-4-2-3-5-12(11)10-19-15-7-6-13(16)8-14(15)17/h2-8,18H,9-10H2,1H3. The molecule has 0 saturated carbocycles. The Kier molecular flexibility index (Phi) is 5.43. The molecule has 0 bridgehead atoms. The first kappa shape index (κ1) is 14.6. The van der Waals surface area contributed by atoms with E-state index >= 15 is 0 Å². The van der Waals surface area contributed by atoms with Crippen molar-refractivity contribution >= 4 is 31.9 Å². The lowest BCUT2D eigenvalue weighted by atomic mass is 10.1. The largest absolute Gasteiger partial charge is 0.488 e. The van der Waals surface area contributed by atoms with Gasteiger partial charge in [0.25, 0.3) is 0 Å². The van der Waals surface area contributed by atoms with Gasteiger partial charge < -0.3 is 10.1 Å². The van der Waals surface area contributed by atoms with Gasteiger partial charge in [-0.25, -0.2) is 0 Å². The molecule has 19 heavy (non-hydrogen) atoms. The third-order valence-electron chi connectivity index (χ3n) is 2.76. The van der Waals surface area contributed by atoms with E-state index in [0.29, 0.717) is 6.61 Å². The van der Waals surface area contributed by atoms with Gasteiger partial charge in [-0.2, -0.15) is 0 Å². The topological polar surface area (TPSA) is 21.3 Å². The minimum Gasteiger partial charge on any atom is -0.488 e. The van der Waals surface area contributed by atoms with Gasteiger partial charge >= 0.3 is 0 Å². The van der Waals surface area contributed by atoms with E-state index in [-0.39, 0.29) is 0 Å². The zero-order valence-electron chi connectivity index (χ0n) is 10.6. The van der Waals surface area contributed by atoms with E-state index in [4.69, 9.17) is 4.74 Å². The summed E-state index contributed by atoms with van der Waals surface area (Å²) in [5.74, 6) is 0.850. The van der Waals surface area contributed by atoms with Crippen molar-refractivity contribution in [1.29, 1.82) is 0 Å². The SMILES string of the molecule is CNCc1ccccc1COc1ccc(Br)cc1Br. The maximum Gasteiger partial charge on any atom is 0.134 e. The van der Waals surface area contributed by atoms with Crippen LogP contribution in [-0.2, 0) is 13.2 Å². The van der Waals surface area contributed by atoms with E-state index in [1.54, 1.807) is 0 Å². The van der Waals surface area contributed by atoms with Crippen LogP contribution in [-0.4, -0.2) is 7.05 Å². The van der Waals surface area contributed by atoms with Crippen LogP contribution in [0.1, 0.15) is 11.1 Å². The molecule has 1 N–H and O–H groups in total. The minimum absolute atomic E-state index is 0.568. The zero-order chi connectivity index (χ0) is 13.7. The van der Waals surface area contributed by atoms with Crippen LogP contribution in [0.3, 0.4) is 0 Å². The summed E-state index contributed by atoms with van der Waals surface area (Å²) in [6.45, 7) is 1.42. The molecule has 2 rings (SSSR count). The zero-order valence-corrected chi connectivity index (χ0v) is 13.8. The summed E-state index contributed by atoms with van der Waals surface area (Å²) in [5, 5.41) is 3.17. The Morgan fingerprint density at radius 3 is 2.47 bits per heavy atom. The Balaban J connectivity index is 2.10. The van der Waals surface area contributed by atoms with E-state index in [1.807, 2.05) is 37.4 Å². The van der Waals surface area contributed by atoms with Crippen molar-refractivity contribution in [2.45, 2.75) is 13.2 Å². The van der Waals surface area contributed by atoms with Crippen LogP contribution in [0.4, 0.5) is 0 Å². The van der Waals surface area contributed by atoms with Crippen molar-refractivity contribution in [2.24, 2.45) is 0 Å². The first-order valence-corrected chi connectivity index (χ1v) is 7.58. The molecule has 2 aromatic rings. The van der Waals surface area contributed by atoms with Crippen molar-refractivity contribution in [3.63, 3.8) is 0 Å². The summed E-state index contributed by atoms with van der Waals surface area (Å²) >= 11 is 6.93. The monoisotopic (exact) mass is 383 g/mol. The molecule has 0 radical (unpaired) electrons. The maximum absolute atomic E-state index is 5.87. The van der Waals surface area contributed by atoms with Crippen molar-refractivity contribution < 1.29 is 4.74 Å². The van der Waals surface area contributed by atoms with Crippen molar-refractivity contribution in [2.75, 3.05) is 7.05 Å². The number of hydrogen-bond acceptors (Lipinski definition) is 2. The molecule has 0 heterocycles. The molecule has 0 aliphatic rings. The molecule has 0 atom stereocenters. The van der Waals surface area contributed by atoms with Crippen molar-refractivity contribution in [1.82, 2.24) is 5.32 Å². The molecular weight excluding hydrogens is 370 g/mol. The molecule has 2 aromatic carbocycles. The number of hydrogen-bond donors (Lipinski definition) is 1. The fourth-order valence-corrected chi connectivity index (χ4v) is 2.97. The molecule has 4 heteroatoms. The number of halogens is 2. The lowest BCUT2D eigenvalue weighted by Crippen LogP contribution is -2.09. The maximum atomic E-state index is 5.87. The van der Waals surface area contributed by atoms with Crippen LogP contribution >= 0.6 is 31.9 Å². The average Bonchev–Trinajstić information content (AvgIpc) is 2.40. The van der Waals surface area contributed by atoms with Gasteiger partial charge in [-0.1, -0.05) is 40.2 Å². The third-order valence-corrected chi connectivity index (χ3v) is 3.88. The summed E-state index contributed by atoms with van der Waals surface area (Å²) in [4.78, 5) is 0. The van der Waals surface area contributed by atoms with E-state index in [9.17, 15) is 0 Å². The van der Waals surface area contributed by atoms with Gasteiger partial charge in [0.1, 0.15) is 12.4 Å². The quantitative estimate of drug-likeness (QED) is 0.818. The smallest absolute Gasteiger partial charge is 0.134 e. The van der Waals surface area contributed by atoms with Gasteiger partial charge in [0.2, 0.25) is 0 Å². The lowest BCUT2D eigenvalue weighted by Gasteiger charge is -2.12. The van der Waals surface area contributed by atoms with Crippen LogP contribution in [0.15, 0.2) is 51.4 Å². The van der Waals surface area contributed by atoms with Crippen molar-refractivity contribution in [3.8, 4) is 5.75 Å². The Morgan fingerprint density at radius 1 is 1.05 bits per heavy atom. The number of ether oxygens (including phenoxy) is 1. The lowest BCUT2D eigenvalue weighted by molar-refractivity contribution is 0.303. The second-order valence-electron chi connectivity index (χ2n) is 4.16. The summed E-state index contributed by atoms with van der Waals surface area (Å²) < 4.78 is 7.85. The van der Waals surface area contributed by atoms with E-state index in [2.05, 4.69) is 49.3 Å². The minimum atomic E-state index is 0.568. The van der Waals surface area contributed by atoms with E-state index in [0.717, 1.165) is 21.2 Å². The Bertz CT molecular complexity index is 558. The first-order valence-electron chi connectivity index (χ1n) is 6.00. The summed E-state index contributed by atoms with van der Waals surface area (Å²) in [6, 6.07) is 14.2. The van der Waals surface area contributed by atoms with Crippen LogP contribution in [0, 0.1) is 0 Å². The van der Waals surface area contributed by atoms with Gasteiger partial charge in [0.05, 0.1) is 4.47 Å². The highest BCUT2D eigenvalue weighted by Gasteiger charge is 2.05. The molecular formula is C15H15Br2NO. The van der Waals surface area contributed by atoms with Crippen LogP contribution < -0.4 is 10.1 Å². The van der Waals surface area contributed by atoms with Gasteiger partial charge in [0, 0.05) is 11.0 Å². The second-order valence-corrected chi connectivity index (χ2v) is 5.93. The highest BCUT2D eigenvalue weighted by atomic mass is 79.9. The molecule has 0 fully saturated rings. The fraction of sp³-hybridized carbons (Fsp3) is 0.200. The van der Waals surface area contributed by atoms with Gasteiger partial charge in [-0.05, 0) is 52.3 Å². The van der Waals surface area contributed by atoms with Crippen LogP contribution in [0.5, 0.6) is 5.75 Å². The number of rotatable bonds is 5. The van der Waals surface area contributed by atoms with Crippen LogP contribution in [0.25, 0.3) is 0 Å². The third kappa shape index (κ3) is 4.06. The average molecular weight is 385 g/mol. The Labute approximate surface area is 130 Å². The molecule has 0 spiro atoms. The number of nitrogens with one attached hydrogen (secondary N) is 1. The van der Waals surface area contributed by atoms with Gasteiger partial charge in [-0.3, -0.25) is 0 Å². The molecule has 100 valence electrons. The van der Waals surface area contributed by atoms with E-state index < -0.39 is 0 Å². The summed E-state index contributed by atoms with van der Waals surface area (Å²) in [6.07, 6.45) is 0. The fourth-order valence-electron chi connectivity index (χ4n) is 1.81. The highest BCUT2D eigenvalue weighted by Crippen LogP contribution is 2.29. The van der Waals surface area contributed by atoms with E-state index in [1.165, 1.54) is 11.1 Å². The molecule has 0 aliphatic carbocycles. The normalized spacial score (nSPS) is 10.5.